The van der Waals surface area contributed by atoms with E-state index in [4.69, 9.17) is 17.3 Å². The first kappa shape index (κ1) is 11.2. The Morgan fingerprint density at radius 1 is 1.36 bits per heavy atom. The molecule has 0 saturated carbocycles. The van der Waals surface area contributed by atoms with Crippen LogP contribution >= 0.6 is 27.5 Å². The Morgan fingerprint density at radius 3 is 2.43 bits per heavy atom. The molecule has 0 heterocycles. The van der Waals surface area contributed by atoms with Crippen LogP contribution in [0.15, 0.2) is 24.3 Å². The van der Waals surface area contributed by atoms with Crippen LogP contribution < -0.4 is 5.73 Å². The fraction of sp³-hybridized carbons (Fsp3) is 0.111. The zero-order valence-corrected chi connectivity index (χ0v) is 9.38. The van der Waals surface area contributed by atoms with E-state index in [2.05, 4.69) is 15.9 Å². The predicted molar refractivity (Wildman–Crippen MR) is 57.7 cm³/mol. The van der Waals surface area contributed by atoms with Crippen LogP contribution in [0.25, 0.3) is 0 Å². The number of rotatable bonds is 3. The molecule has 5 heteroatoms. The van der Waals surface area contributed by atoms with Crippen molar-refractivity contribution in [2.24, 2.45) is 5.73 Å². The van der Waals surface area contributed by atoms with Gasteiger partial charge in [0.05, 0.1) is 5.02 Å². The molecule has 0 aliphatic heterocycles. The van der Waals surface area contributed by atoms with E-state index in [1.807, 2.05) is 0 Å². The Hall–Kier alpha value is -0.870. The number of hydrogen-bond acceptors (Lipinski definition) is 2. The molecule has 0 aliphatic rings. The number of nitrogens with two attached hydrogens (primary N) is 1. The number of ketones is 1. The molecule has 0 bridgehead atoms. The molecule has 0 fully saturated rings. The van der Waals surface area contributed by atoms with Gasteiger partial charge in [0.2, 0.25) is 5.91 Å². The topological polar surface area (TPSA) is 60.2 Å². The zero-order valence-electron chi connectivity index (χ0n) is 7.04. The number of hydrogen-bond donors (Lipinski definition) is 1. The van der Waals surface area contributed by atoms with Crippen molar-refractivity contribution in [3.63, 3.8) is 0 Å². The van der Waals surface area contributed by atoms with Gasteiger partial charge >= 0.3 is 0 Å². The normalized spacial score (nSPS) is 12.1. The minimum atomic E-state index is -1.03. The second-order valence-electron chi connectivity index (χ2n) is 2.61. The summed E-state index contributed by atoms with van der Waals surface area (Å²) in [5, 5.41) is 0.309. The number of benzene rings is 1. The summed E-state index contributed by atoms with van der Waals surface area (Å²) in [7, 11) is 0. The lowest BCUT2D eigenvalue weighted by Crippen LogP contribution is -2.30. The summed E-state index contributed by atoms with van der Waals surface area (Å²) in [5.74, 6) is -1.15. The molecule has 0 radical (unpaired) electrons. The van der Waals surface area contributed by atoms with Crippen molar-refractivity contribution in [3.8, 4) is 0 Å². The molecule has 0 spiro atoms. The maximum Gasteiger partial charge on any atom is 0.239 e. The van der Waals surface area contributed by atoms with Gasteiger partial charge in [0.1, 0.15) is 0 Å². The van der Waals surface area contributed by atoms with Crippen LogP contribution in [-0.4, -0.2) is 16.5 Å². The highest BCUT2D eigenvalue weighted by molar-refractivity contribution is 9.10. The lowest BCUT2D eigenvalue weighted by atomic mass is 10.1. The molecule has 1 unspecified atom stereocenters. The summed E-state index contributed by atoms with van der Waals surface area (Å²) in [4.78, 5) is 21.3. The maximum absolute atomic E-state index is 11.6. The largest absolute Gasteiger partial charge is 0.368 e. The molecular formula is C9H7BrClNO2. The lowest BCUT2D eigenvalue weighted by molar-refractivity contribution is -0.116. The van der Waals surface area contributed by atoms with Crippen LogP contribution in [-0.2, 0) is 4.79 Å². The second-order valence-corrected chi connectivity index (χ2v) is 3.93. The van der Waals surface area contributed by atoms with Gasteiger partial charge in [-0.05, 0) is 12.1 Å². The second kappa shape index (κ2) is 4.57. The molecule has 1 aromatic rings. The van der Waals surface area contributed by atoms with Crippen molar-refractivity contribution in [2.45, 2.75) is 4.83 Å². The van der Waals surface area contributed by atoms with Gasteiger partial charge in [-0.15, -0.1) is 0 Å². The number of Topliss-reactive ketones (excluding diaryl/α,β-unsaturated/α-hetero) is 1. The third kappa shape index (κ3) is 2.33. The van der Waals surface area contributed by atoms with Gasteiger partial charge in [0, 0.05) is 5.56 Å². The number of carbonyl (C=O) groups is 2. The number of amides is 1. The van der Waals surface area contributed by atoms with Crippen molar-refractivity contribution in [1.29, 1.82) is 0 Å². The fourth-order valence-corrected chi connectivity index (χ4v) is 1.40. The van der Waals surface area contributed by atoms with E-state index in [1.54, 1.807) is 24.3 Å². The molecule has 1 aromatic carbocycles. The van der Waals surface area contributed by atoms with Crippen LogP contribution in [0, 0.1) is 0 Å². The highest BCUT2D eigenvalue weighted by Crippen LogP contribution is 2.19. The first-order valence-corrected chi connectivity index (χ1v) is 5.05. The van der Waals surface area contributed by atoms with E-state index in [9.17, 15) is 9.59 Å². The minimum Gasteiger partial charge on any atom is -0.368 e. The van der Waals surface area contributed by atoms with Crippen molar-refractivity contribution in [1.82, 2.24) is 0 Å². The monoisotopic (exact) mass is 275 g/mol. The average Bonchev–Trinajstić information content (AvgIpc) is 2.16. The Labute approximate surface area is 94.4 Å². The third-order valence-electron chi connectivity index (χ3n) is 1.62. The van der Waals surface area contributed by atoms with Gasteiger partial charge in [-0.25, -0.2) is 0 Å². The Morgan fingerprint density at radius 2 is 1.93 bits per heavy atom. The maximum atomic E-state index is 11.6. The SMILES string of the molecule is NC(=O)C(Br)C(=O)c1ccccc1Cl. The van der Waals surface area contributed by atoms with Crippen LogP contribution in [0.4, 0.5) is 0 Å². The van der Waals surface area contributed by atoms with Crippen molar-refractivity contribution in [2.75, 3.05) is 0 Å². The van der Waals surface area contributed by atoms with Gasteiger partial charge in [-0.2, -0.15) is 0 Å². The van der Waals surface area contributed by atoms with Crippen molar-refractivity contribution in [3.05, 3.63) is 34.9 Å². The number of alkyl halides is 1. The van der Waals surface area contributed by atoms with Crippen LogP contribution in [0.5, 0.6) is 0 Å². The van der Waals surface area contributed by atoms with Crippen LogP contribution in [0.2, 0.25) is 5.02 Å². The van der Waals surface area contributed by atoms with E-state index in [0.29, 0.717) is 5.02 Å². The molecule has 0 saturated heterocycles. The van der Waals surface area contributed by atoms with E-state index in [-0.39, 0.29) is 5.56 Å². The molecule has 1 atom stereocenters. The highest BCUT2D eigenvalue weighted by Gasteiger charge is 2.23. The summed E-state index contributed by atoms with van der Waals surface area (Å²) in [5.41, 5.74) is 5.26. The molecule has 0 aromatic heterocycles. The molecule has 14 heavy (non-hydrogen) atoms. The number of halogens is 2. The highest BCUT2D eigenvalue weighted by atomic mass is 79.9. The Balaban J connectivity index is 3.01. The van der Waals surface area contributed by atoms with Crippen molar-refractivity contribution < 1.29 is 9.59 Å². The van der Waals surface area contributed by atoms with Gasteiger partial charge in [0.15, 0.2) is 10.6 Å². The molecular weight excluding hydrogens is 269 g/mol. The zero-order chi connectivity index (χ0) is 10.7. The number of carbonyl (C=O) groups excluding carboxylic acids is 2. The smallest absolute Gasteiger partial charge is 0.239 e. The van der Waals surface area contributed by atoms with E-state index in [0.717, 1.165) is 0 Å². The standard InChI is InChI=1S/C9H7BrClNO2/c10-7(9(12)14)8(13)5-3-1-2-4-6(5)11/h1-4,7H,(H2,12,14). The van der Waals surface area contributed by atoms with Gasteiger partial charge in [0.25, 0.3) is 0 Å². The Bertz CT molecular complexity index is 381. The summed E-state index contributed by atoms with van der Waals surface area (Å²) < 4.78 is 0. The lowest BCUT2D eigenvalue weighted by Gasteiger charge is -2.05. The summed E-state index contributed by atoms with van der Waals surface area (Å²) in [6.45, 7) is 0. The quantitative estimate of drug-likeness (QED) is 0.519. The molecule has 3 nitrogen and oxygen atoms in total. The van der Waals surface area contributed by atoms with Gasteiger partial charge in [-0.3, -0.25) is 9.59 Å². The molecule has 74 valence electrons. The van der Waals surface area contributed by atoms with Crippen LogP contribution in [0.1, 0.15) is 10.4 Å². The Kier molecular flexibility index (Phi) is 3.66. The number of primary amides is 1. The predicted octanol–water partition coefficient (Wildman–Crippen LogP) is 1.77. The molecule has 2 N–H and O–H groups in total. The van der Waals surface area contributed by atoms with Gasteiger partial charge < -0.3 is 5.73 Å². The fourth-order valence-electron chi connectivity index (χ4n) is 0.927. The molecule has 1 rings (SSSR count). The van der Waals surface area contributed by atoms with Crippen molar-refractivity contribution >= 4 is 39.2 Å². The van der Waals surface area contributed by atoms with Crippen LogP contribution in [0.3, 0.4) is 0 Å². The summed E-state index contributed by atoms with van der Waals surface area (Å²) in [6, 6.07) is 6.49. The first-order chi connectivity index (χ1) is 6.54. The van der Waals surface area contributed by atoms with E-state index in [1.165, 1.54) is 0 Å². The molecule has 0 aliphatic carbocycles. The average molecular weight is 277 g/mol. The van der Waals surface area contributed by atoms with E-state index < -0.39 is 16.5 Å². The minimum absolute atomic E-state index is 0.287. The summed E-state index contributed by atoms with van der Waals surface area (Å²) >= 11 is 8.67. The molecule has 1 amide bonds. The third-order valence-corrected chi connectivity index (χ3v) is 2.82. The summed E-state index contributed by atoms with van der Waals surface area (Å²) in [6.07, 6.45) is 0. The first-order valence-electron chi connectivity index (χ1n) is 3.76. The van der Waals surface area contributed by atoms with E-state index >= 15 is 0 Å². The van der Waals surface area contributed by atoms with Gasteiger partial charge in [-0.1, -0.05) is 39.7 Å².